The van der Waals surface area contributed by atoms with E-state index >= 15 is 0 Å². The summed E-state index contributed by atoms with van der Waals surface area (Å²) in [5.41, 5.74) is 0.558. The number of thiophene rings is 1. The first-order valence-electron chi connectivity index (χ1n) is 4.63. The van der Waals surface area contributed by atoms with Gasteiger partial charge in [-0.15, -0.1) is 0 Å². The van der Waals surface area contributed by atoms with Gasteiger partial charge >= 0.3 is 5.97 Å². The molecule has 0 bridgehead atoms. The van der Waals surface area contributed by atoms with Crippen LogP contribution in [0, 0.1) is 0 Å². The van der Waals surface area contributed by atoms with Crippen LogP contribution in [-0.4, -0.2) is 27.2 Å². The molecule has 0 aliphatic heterocycles. The molecule has 1 N–H and O–H groups in total. The van der Waals surface area contributed by atoms with Gasteiger partial charge in [0.2, 0.25) is 10.0 Å². The molecule has 0 aliphatic rings. The molecule has 1 rings (SSSR count). The fraction of sp³-hybridized carbons (Fsp3) is 0.444. The molecule has 0 radical (unpaired) electrons. The third-order valence-electron chi connectivity index (χ3n) is 1.82. The van der Waals surface area contributed by atoms with Gasteiger partial charge in [0.25, 0.3) is 0 Å². The molecule has 0 saturated carbocycles. The number of rotatable bonds is 6. The van der Waals surface area contributed by atoms with E-state index in [1.54, 1.807) is 16.8 Å². The number of esters is 1. The predicted molar refractivity (Wildman–Crippen MR) is 63.0 cm³/mol. The molecule has 90 valence electrons. The molecule has 5 nitrogen and oxygen atoms in total. The summed E-state index contributed by atoms with van der Waals surface area (Å²) in [6.07, 6.45) is 0.368. The van der Waals surface area contributed by atoms with Gasteiger partial charge in [-0.25, -0.2) is 8.42 Å². The van der Waals surface area contributed by atoms with Crippen LogP contribution in [0.15, 0.2) is 16.8 Å². The topological polar surface area (TPSA) is 72.5 Å². The monoisotopic (exact) mass is 263 g/mol. The van der Waals surface area contributed by atoms with Crippen molar-refractivity contribution < 1.29 is 17.9 Å². The maximum absolute atomic E-state index is 11.5. The van der Waals surface area contributed by atoms with Crippen LogP contribution in [0.1, 0.15) is 12.8 Å². The summed E-state index contributed by atoms with van der Waals surface area (Å²) in [5.74, 6) is -0.483. The van der Waals surface area contributed by atoms with Gasteiger partial charge in [-0.1, -0.05) is 0 Å². The van der Waals surface area contributed by atoms with Gasteiger partial charge in [0.1, 0.15) is 0 Å². The Labute approximate surface area is 98.5 Å². The van der Waals surface area contributed by atoms with Crippen LogP contribution in [0.3, 0.4) is 0 Å². The zero-order chi connectivity index (χ0) is 12.0. The first-order valence-corrected chi connectivity index (χ1v) is 7.22. The molecule has 0 amide bonds. The van der Waals surface area contributed by atoms with E-state index in [4.69, 9.17) is 0 Å². The van der Waals surface area contributed by atoms with Gasteiger partial charge < -0.3 is 4.74 Å². The Morgan fingerprint density at radius 3 is 2.88 bits per heavy atom. The number of ether oxygens (including phenoxy) is 1. The van der Waals surface area contributed by atoms with E-state index in [9.17, 15) is 13.2 Å². The van der Waals surface area contributed by atoms with Crippen molar-refractivity contribution in [2.75, 3.05) is 17.6 Å². The summed E-state index contributed by atoms with van der Waals surface area (Å²) in [5, 5.41) is 3.49. The summed E-state index contributed by atoms with van der Waals surface area (Å²) in [7, 11) is -2.08. The van der Waals surface area contributed by atoms with Crippen LogP contribution < -0.4 is 4.72 Å². The van der Waals surface area contributed by atoms with Crippen LogP contribution in [0.5, 0.6) is 0 Å². The lowest BCUT2D eigenvalue weighted by atomic mass is 10.3. The fourth-order valence-corrected chi connectivity index (χ4v) is 2.84. The number of sulfonamides is 1. The van der Waals surface area contributed by atoms with Crippen LogP contribution >= 0.6 is 11.3 Å². The Morgan fingerprint density at radius 2 is 2.31 bits per heavy atom. The largest absolute Gasteiger partial charge is 0.469 e. The Kier molecular flexibility index (Phi) is 4.75. The van der Waals surface area contributed by atoms with Crippen LogP contribution in [0.4, 0.5) is 5.69 Å². The zero-order valence-electron chi connectivity index (χ0n) is 8.80. The minimum absolute atomic E-state index is 0.0854. The molecule has 0 spiro atoms. The van der Waals surface area contributed by atoms with E-state index in [1.807, 2.05) is 0 Å². The highest BCUT2D eigenvalue weighted by Gasteiger charge is 2.11. The smallest absolute Gasteiger partial charge is 0.305 e. The number of hydrogen-bond acceptors (Lipinski definition) is 5. The van der Waals surface area contributed by atoms with E-state index in [0.29, 0.717) is 5.69 Å². The quantitative estimate of drug-likeness (QED) is 0.788. The van der Waals surface area contributed by atoms with Crippen molar-refractivity contribution >= 4 is 33.0 Å². The van der Waals surface area contributed by atoms with Crippen molar-refractivity contribution in [2.45, 2.75) is 12.8 Å². The van der Waals surface area contributed by atoms with Gasteiger partial charge in [-0.2, -0.15) is 11.3 Å². The van der Waals surface area contributed by atoms with Gasteiger partial charge in [0.15, 0.2) is 0 Å². The highest BCUT2D eigenvalue weighted by Crippen LogP contribution is 2.14. The standard InChI is InChI=1S/C9H13NO4S2/c1-14-9(11)3-2-6-16(12,13)10-8-4-5-15-7-8/h4-5,7,10H,2-3,6H2,1H3. The summed E-state index contributed by atoms with van der Waals surface area (Å²) in [6.45, 7) is 0. The van der Waals surface area contributed by atoms with Crippen LogP contribution in [-0.2, 0) is 19.6 Å². The van der Waals surface area contributed by atoms with Crippen molar-refractivity contribution in [1.82, 2.24) is 0 Å². The molecule has 0 unspecified atom stereocenters. The van der Waals surface area contributed by atoms with Crippen molar-refractivity contribution in [1.29, 1.82) is 0 Å². The van der Waals surface area contributed by atoms with Gasteiger partial charge in [0, 0.05) is 11.8 Å². The van der Waals surface area contributed by atoms with Crippen molar-refractivity contribution in [3.05, 3.63) is 16.8 Å². The summed E-state index contributed by atoms with van der Waals surface area (Å²) < 4.78 is 29.9. The third-order valence-corrected chi connectivity index (χ3v) is 3.87. The summed E-state index contributed by atoms with van der Waals surface area (Å²) in [6, 6.07) is 1.68. The predicted octanol–water partition coefficient (Wildman–Crippen LogP) is 1.44. The van der Waals surface area contributed by atoms with E-state index in [-0.39, 0.29) is 18.6 Å². The Balaban J connectivity index is 2.38. The lowest BCUT2D eigenvalue weighted by Crippen LogP contribution is -2.17. The maximum Gasteiger partial charge on any atom is 0.305 e. The SMILES string of the molecule is COC(=O)CCCS(=O)(=O)Nc1ccsc1. The number of carbonyl (C=O) groups is 1. The van der Waals surface area contributed by atoms with Crippen molar-refractivity contribution in [2.24, 2.45) is 0 Å². The summed E-state index contributed by atoms with van der Waals surface area (Å²) >= 11 is 1.41. The first kappa shape index (κ1) is 13.0. The fourth-order valence-electron chi connectivity index (χ4n) is 1.06. The molecular formula is C9H13NO4S2. The average molecular weight is 263 g/mol. The maximum atomic E-state index is 11.5. The molecule has 0 aromatic carbocycles. The van der Waals surface area contributed by atoms with Gasteiger partial charge in [-0.3, -0.25) is 9.52 Å². The molecule has 0 aliphatic carbocycles. The van der Waals surface area contributed by atoms with Crippen molar-refractivity contribution in [3.8, 4) is 0 Å². The molecule has 1 aromatic rings. The molecule has 0 atom stereocenters. The highest BCUT2D eigenvalue weighted by molar-refractivity contribution is 7.92. The third kappa shape index (κ3) is 4.63. The Morgan fingerprint density at radius 1 is 1.56 bits per heavy atom. The molecule has 7 heteroatoms. The number of hydrogen-bond donors (Lipinski definition) is 1. The Bertz CT molecular complexity index is 424. The lowest BCUT2D eigenvalue weighted by molar-refractivity contribution is -0.140. The summed E-state index contributed by atoms with van der Waals surface area (Å²) in [4.78, 5) is 10.8. The van der Waals surface area contributed by atoms with Gasteiger partial charge in [0.05, 0.1) is 18.6 Å². The second-order valence-electron chi connectivity index (χ2n) is 3.11. The number of carbonyl (C=O) groups excluding carboxylic acids is 1. The lowest BCUT2D eigenvalue weighted by Gasteiger charge is -2.05. The van der Waals surface area contributed by atoms with E-state index < -0.39 is 16.0 Å². The second kappa shape index (κ2) is 5.86. The van der Waals surface area contributed by atoms with Crippen LogP contribution in [0.2, 0.25) is 0 Å². The molecule has 16 heavy (non-hydrogen) atoms. The molecular weight excluding hydrogens is 250 g/mol. The molecule has 0 saturated heterocycles. The van der Waals surface area contributed by atoms with Crippen molar-refractivity contribution in [3.63, 3.8) is 0 Å². The average Bonchev–Trinajstić information content (AvgIpc) is 2.69. The minimum Gasteiger partial charge on any atom is -0.469 e. The van der Waals surface area contributed by atoms with Crippen LogP contribution in [0.25, 0.3) is 0 Å². The first-order chi connectivity index (χ1) is 7.53. The molecule has 1 heterocycles. The molecule has 0 fully saturated rings. The second-order valence-corrected chi connectivity index (χ2v) is 5.73. The normalized spacial score (nSPS) is 11.1. The number of nitrogens with one attached hydrogen (secondary N) is 1. The minimum atomic E-state index is -3.36. The highest BCUT2D eigenvalue weighted by atomic mass is 32.2. The zero-order valence-corrected chi connectivity index (χ0v) is 10.4. The molecule has 1 aromatic heterocycles. The van der Waals surface area contributed by atoms with Gasteiger partial charge in [-0.05, 0) is 17.9 Å². The Hall–Kier alpha value is -1.08. The number of anilines is 1. The van der Waals surface area contributed by atoms with E-state index in [2.05, 4.69) is 9.46 Å². The van der Waals surface area contributed by atoms with E-state index in [1.165, 1.54) is 18.4 Å². The number of methoxy groups -OCH3 is 1. The van der Waals surface area contributed by atoms with E-state index in [0.717, 1.165) is 0 Å².